The Morgan fingerprint density at radius 3 is 2.52 bits per heavy atom. The van der Waals surface area contributed by atoms with E-state index in [-0.39, 0.29) is 30.4 Å². The van der Waals surface area contributed by atoms with E-state index < -0.39 is 6.04 Å². The van der Waals surface area contributed by atoms with Gasteiger partial charge in [-0.1, -0.05) is 44.0 Å². The molecule has 0 aromatic heterocycles. The van der Waals surface area contributed by atoms with E-state index in [1.807, 2.05) is 38.1 Å². The number of hydrogen-bond acceptors (Lipinski definition) is 4. The van der Waals surface area contributed by atoms with Crippen LogP contribution in [0.2, 0.25) is 5.02 Å². The molecule has 7 heteroatoms. The third-order valence-electron chi connectivity index (χ3n) is 4.96. The number of benzene rings is 2. The van der Waals surface area contributed by atoms with E-state index in [0.29, 0.717) is 28.7 Å². The molecule has 0 saturated carbocycles. The van der Waals surface area contributed by atoms with Crippen LogP contribution in [0.1, 0.15) is 30.6 Å². The molecule has 154 valence electrons. The maximum absolute atomic E-state index is 12.8. The minimum atomic E-state index is -0.653. The molecule has 1 unspecified atom stereocenters. The van der Waals surface area contributed by atoms with Crippen LogP contribution >= 0.6 is 11.6 Å². The van der Waals surface area contributed by atoms with E-state index in [0.717, 1.165) is 6.42 Å². The zero-order valence-electron chi connectivity index (χ0n) is 16.5. The number of carbonyl (C=O) groups is 2. The molecule has 0 spiro atoms. The average Bonchev–Trinajstić information content (AvgIpc) is 2.75. The van der Waals surface area contributed by atoms with Gasteiger partial charge in [-0.15, -0.1) is 0 Å². The number of halogens is 1. The lowest BCUT2D eigenvalue weighted by Crippen LogP contribution is -2.52. The van der Waals surface area contributed by atoms with Gasteiger partial charge in [-0.25, -0.2) is 0 Å². The summed E-state index contributed by atoms with van der Waals surface area (Å²) in [5.41, 5.74) is 0.455. The average molecular weight is 417 g/mol. The summed E-state index contributed by atoms with van der Waals surface area (Å²) in [5.74, 6) is 0.767. The van der Waals surface area contributed by atoms with Gasteiger partial charge in [-0.3, -0.25) is 9.59 Å². The largest absolute Gasteiger partial charge is 0.486 e. The maximum Gasteiger partial charge on any atom is 0.251 e. The van der Waals surface area contributed by atoms with Crippen molar-refractivity contribution in [1.29, 1.82) is 0 Å². The van der Waals surface area contributed by atoms with Crippen molar-refractivity contribution in [3.63, 3.8) is 0 Å². The Labute approximate surface area is 175 Å². The number of amides is 2. The summed E-state index contributed by atoms with van der Waals surface area (Å²) >= 11 is 5.87. The Morgan fingerprint density at radius 2 is 1.83 bits per heavy atom. The Bertz CT molecular complexity index is 856. The van der Waals surface area contributed by atoms with Crippen molar-refractivity contribution < 1.29 is 19.1 Å². The molecule has 2 amide bonds. The van der Waals surface area contributed by atoms with Crippen molar-refractivity contribution >= 4 is 23.4 Å². The summed E-state index contributed by atoms with van der Waals surface area (Å²) in [5, 5.41) is 6.28. The van der Waals surface area contributed by atoms with Gasteiger partial charge in [0.05, 0.1) is 6.54 Å². The quantitative estimate of drug-likeness (QED) is 0.724. The van der Waals surface area contributed by atoms with Crippen LogP contribution in [0.3, 0.4) is 0 Å². The predicted molar refractivity (Wildman–Crippen MR) is 112 cm³/mol. The molecule has 2 aromatic carbocycles. The number of rotatable bonds is 7. The second-order valence-corrected chi connectivity index (χ2v) is 7.52. The van der Waals surface area contributed by atoms with Gasteiger partial charge in [-0.05, 0) is 42.3 Å². The van der Waals surface area contributed by atoms with Crippen molar-refractivity contribution in [3.05, 3.63) is 59.1 Å². The van der Waals surface area contributed by atoms with Crippen LogP contribution < -0.4 is 20.1 Å². The number of para-hydroxylation sites is 2. The topological polar surface area (TPSA) is 76.7 Å². The molecule has 0 fully saturated rings. The normalized spacial score (nSPS) is 17.1. The third kappa shape index (κ3) is 5.41. The lowest BCUT2D eigenvalue weighted by molar-refractivity contribution is -0.124. The molecular formula is C22H25ClN2O4. The minimum Gasteiger partial charge on any atom is -0.486 e. The molecule has 2 aromatic rings. The van der Waals surface area contributed by atoms with Gasteiger partial charge < -0.3 is 20.1 Å². The molecular weight excluding hydrogens is 392 g/mol. The second kappa shape index (κ2) is 9.65. The first kappa shape index (κ1) is 21.0. The van der Waals surface area contributed by atoms with Crippen LogP contribution in [0.5, 0.6) is 11.5 Å². The molecule has 2 N–H and O–H groups in total. The molecule has 0 aliphatic carbocycles. The summed E-state index contributed by atoms with van der Waals surface area (Å²) in [6, 6.07) is 13.3. The van der Waals surface area contributed by atoms with Gasteiger partial charge >= 0.3 is 0 Å². The smallest absolute Gasteiger partial charge is 0.251 e. The van der Waals surface area contributed by atoms with E-state index in [9.17, 15) is 9.59 Å². The van der Waals surface area contributed by atoms with Crippen LogP contribution in [0.4, 0.5) is 0 Å². The van der Waals surface area contributed by atoms with Crippen molar-refractivity contribution in [2.45, 2.75) is 32.4 Å². The Kier molecular flexibility index (Phi) is 6.99. The minimum absolute atomic E-state index is 0.0319. The molecule has 0 saturated heterocycles. The maximum atomic E-state index is 12.8. The summed E-state index contributed by atoms with van der Waals surface area (Å²) in [6.45, 7) is 4.55. The Hall–Kier alpha value is -2.73. The monoisotopic (exact) mass is 416 g/mol. The van der Waals surface area contributed by atoms with Gasteiger partial charge in [0, 0.05) is 10.6 Å². The van der Waals surface area contributed by atoms with Gasteiger partial charge in [0.25, 0.3) is 5.91 Å². The van der Waals surface area contributed by atoms with E-state index in [1.54, 1.807) is 24.3 Å². The zero-order chi connectivity index (χ0) is 20.8. The number of fused-ring (bicyclic) bond motifs is 1. The fourth-order valence-electron chi connectivity index (χ4n) is 3.02. The van der Waals surface area contributed by atoms with E-state index in [1.165, 1.54) is 0 Å². The zero-order valence-corrected chi connectivity index (χ0v) is 17.2. The molecule has 6 nitrogen and oxygen atoms in total. The summed E-state index contributed by atoms with van der Waals surface area (Å²) in [7, 11) is 0. The number of carbonyl (C=O) groups excluding carboxylic acids is 2. The molecule has 1 aliphatic rings. The second-order valence-electron chi connectivity index (χ2n) is 7.09. The molecule has 0 radical (unpaired) electrons. The molecule has 3 rings (SSSR count). The molecule has 0 bridgehead atoms. The van der Waals surface area contributed by atoms with Crippen molar-refractivity contribution in [3.8, 4) is 11.5 Å². The highest BCUT2D eigenvalue weighted by Crippen LogP contribution is 2.30. The fourth-order valence-corrected chi connectivity index (χ4v) is 3.14. The highest BCUT2D eigenvalue weighted by molar-refractivity contribution is 6.30. The van der Waals surface area contributed by atoms with Crippen LogP contribution in [-0.2, 0) is 4.79 Å². The first-order chi connectivity index (χ1) is 14.0. The Morgan fingerprint density at radius 1 is 1.14 bits per heavy atom. The lowest BCUT2D eigenvalue weighted by Gasteiger charge is -2.28. The van der Waals surface area contributed by atoms with Crippen molar-refractivity contribution in [2.24, 2.45) is 5.92 Å². The first-order valence-corrected chi connectivity index (χ1v) is 10.1. The summed E-state index contributed by atoms with van der Waals surface area (Å²) in [6.07, 6.45) is 0.452. The number of nitrogens with one attached hydrogen (secondary N) is 2. The SMILES string of the molecule is CC[C@H](C)[C@H](NC(=O)c1ccc(Cl)cc1)C(=O)NCC1COc2ccccc2O1. The molecule has 1 heterocycles. The first-order valence-electron chi connectivity index (χ1n) is 9.70. The molecule has 29 heavy (non-hydrogen) atoms. The van der Waals surface area contributed by atoms with Crippen LogP contribution in [0, 0.1) is 5.92 Å². The van der Waals surface area contributed by atoms with Crippen LogP contribution in [-0.4, -0.2) is 37.1 Å². The van der Waals surface area contributed by atoms with Gasteiger partial charge in [0.2, 0.25) is 5.91 Å². The van der Waals surface area contributed by atoms with Gasteiger partial charge in [0.15, 0.2) is 11.5 Å². The van der Waals surface area contributed by atoms with E-state index in [2.05, 4.69) is 10.6 Å². The Balaban J connectivity index is 1.59. The van der Waals surface area contributed by atoms with Crippen LogP contribution in [0.15, 0.2) is 48.5 Å². The summed E-state index contributed by atoms with van der Waals surface area (Å²) < 4.78 is 11.5. The molecule has 1 aliphatic heterocycles. The third-order valence-corrected chi connectivity index (χ3v) is 5.21. The lowest BCUT2D eigenvalue weighted by atomic mass is 9.97. The van der Waals surface area contributed by atoms with Crippen LogP contribution in [0.25, 0.3) is 0 Å². The summed E-state index contributed by atoms with van der Waals surface area (Å²) in [4.78, 5) is 25.4. The predicted octanol–water partition coefficient (Wildman–Crippen LogP) is 3.44. The standard InChI is InChI=1S/C22H25ClN2O4/c1-3-14(2)20(25-21(26)15-8-10-16(23)11-9-15)22(27)24-12-17-13-28-18-6-4-5-7-19(18)29-17/h4-11,14,17,20H,3,12-13H2,1-2H3,(H,24,27)(H,25,26)/t14-,17?,20-/m0/s1. The highest BCUT2D eigenvalue weighted by atomic mass is 35.5. The van der Waals surface area contributed by atoms with E-state index in [4.69, 9.17) is 21.1 Å². The number of ether oxygens (including phenoxy) is 2. The van der Waals surface area contributed by atoms with Gasteiger partial charge in [0.1, 0.15) is 18.8 Å². The number of hydrogen-bond donors (Lipinski definition) is 2. The van der Waals surface area contributed by atoms with E-state index >= 15 is 0 Å². The highest BCUT2D eigenvalue weighted by Gasteiger charge is 2.28. The fraction of sp³-hybridized carbons (Fsp3) is 0.364. The van der Waals surface area contributed by atoms with Crippen molar-refractivity contribution in [2.75, 3.05) is 13.2 Å². The molecule has 3 atom stereocenters. The van der Waals surface area contributed by atoms with Gasteiger partial charge in [-0.2, -0.15) is 0 Å². The van der Waals surface area contributed by atoms with Crippen molar-refractivity contribution in [1.82, 2.24) is 10.6 Å².